The number of allylic oxidation sites excluding steroid dienone is 1. The second-order valence-electron chi connectivity index (χ2n) is 6.58. The third-order valence-electron chi connectivity index (χ3n) is 3.83. The van der Waals surface area contributed by atoms with E-state index in [0.717, 1.165) is 0 Å². The lowest BCUT2D eigenvalue weighted by Gasteiger charge is -2.27. The summed E-state index contributed by atoms with van der Waals surface area (Å²) < 4.78 is 9.95. The fourth-order valence-corrected chi connectivity index (χ4v) is 2.02. The molecule has 0 saturated heterocycles. The minimum absolute atomic E-state index is 0. The molecule has 0 aromatic heterocycles. The SMILES string of the molecule is C=C(O)C[C@@H](CNC(=O)O[C@H](C)OC(=O)C(C)C)C(C)C(C)C.S. The maximum absolute atomic E-state index is 11.8. The van der Waals surface area contributed by atoms with Gasteiger partial charge in [0.05, 0.1) is 11.7 Å². The average Bonchev–Trinajstić information content (AvgIpc) is 2.41. The van der Waals surface area contributed by atoms with Crippen molar-refractivity contribution < 1.29 is 24.2 Å². The number of nitrogens with one attached hydrogen (secondary N) is 1. The summed E-state index contributed by atoms with van der Waals surface area (Å²) in [6.07, 6.45) is -1.19. The Hall–Kier alpha value is -1.37. The Kier molecular flexibility index (Phi) is 12.5. The van der Waals surface area contributed by atoms with Gasteiger partial charge in [0.25, 0.3) is 0 Å². The number of hydrogen-bond acceptors (Lipinski definition) is 5. The van der Waals surface area contributed by atoms with Gasteiger partial charge in [0.15, 0.2) is 0 Å². The van der Waals surface area contributed by atoms with Gasteiger partial charge in [-0.05, 0) is 17.8 Å². The van der Waals surface area contributed by atoms with Crippen molar-refractivity contribution in [3.63, 3.8) is 0 Å². The van der Waals surface area contributed by atoms with Gasteiger partial charge in [-0.1, -0.05) is 41.2 Å². The van der Waals surface area contributed by atoms with Crippen LogP contribution in [0.4, 0.5) is 4.79 Å². The lowest BCUT2D eigenvalue weighted by Crippen LogP contribution is -2.36. The number of aliphatic hydroxyl groups excluding tert-OH is 1. The van der Waals surface area contributed by atoms with E-state index in [4.69, 9.17) is 9.47 Å². The van der Waals surface area contributed by atoms with Crippen LogP contribution in [0.3, 0.4) is 0 Å². The van der Waals surface area contributed by atoms with Crippen molar-refractivity contribution in [2.24, 2.45) is 23.7 Å². The molecule has 0 bridgehead atoms. The van der Waals surface area contributed by atoms with E-state index in [2.05, 4.69) is 32.7 Å². The molecule has 0 aliphatic heterocycles. The maximum atomic E-state index is 11.8. The lowest BCUT2D eigenvalue weighted by atomic mass is 9.82. The van der Waals surface area contributed by atoms with E-state index in [1.54, 1.807) is 13.8 Å². The predicted molar refractivity (Wildman–Crippen MR) is 99.1 cm³/mol. The first-order valence-electron chi connectivity index (χ1n) is 8.06. The van der Waals surface area contributed by atoms with Gasteiger partial charge in [-0.25, -0.2) is 4.79 Å². The molecule has 0 spiro atoms. The molecule has 142 valence electrons. The Morgan fingerprint density at radius 1 is 1.08 bits per heavy atom. The Labute approximate surface area is 152 Å². The summed E-state index contributed by atoms with van der Waals surface area (Å²) in [4.78, 5) is 23.2. The molecule has 2 N–H and O–H groups in total. The molecule has 0 heterocycles. The van der Waals surface area contributed by atoms with Crippen LogP contribution in [0.25, 0.3) is 0 Å². The summed E-state index contributed by atoms with van der Waals surface area (Å²) in [7, 11) is 0. The van der Waals surface area contributed by atoms with E-state index >= 15 is 0 Å². The molecule has 1 amide bonds. The number of carbonyl (C=O) groups is 2. The highest BCUT2D eigenvalue weighted by molar-refractivity contribution is 7.59. The molecule has 0 saturated carbocycles. The van der Waals surface area contributed by atoms with Gasteiger partial charge in [0.2, 0.25) is 6.29 Å². The van der Waals surface area contributed by atoms with E-state index in [-0.39, 0.29) is 37.0 Å². The summed E-state index contributed by atoms with van der Waals surface area (Å²) >= 11 is 0. The zero-order valence-corrected chi connectivity index (χ0v) is 16.6. The van der Waals surface area contributed by atoms with Crippen LogP contribution in [0.5, 0.6) is 0 Å². The van der Waals surface area contributed by atoms with Crippen molar-refractivity contribution in [1.29, 1.82) is 0 Å². The summed E-state index contributed by atoms with van der Waals surface area (Å²) in [5.74, 6) is 0.132. The van der Waals surface area contributed by atoms with Crippen LogP contribution in [0, 0.1) is 23.7 Å². The first-order chi connectivity index (χ1) is 10.5. The Bertz CT molecular complexity index is 412. The highest BCUT2D eigenvalue weighted by Gasteiger charge is 2.23. The monoisotopic (exact) mass is 363 g/mol. The average molecular weight is 364 g/mol. The van der Waals surface area contributed by atoms with Crippen molar-refractivity contribution in [3.8, 4) is 0 Å². The van der Waals surface area contributed by atoms with Crippen LogP contribution in [-0.4, -0.2) is 30.0 Å². The molecule has 7 heteroatoms. The van der Waals surface area contributed by atoms with E-state index in [0.29, 0.717) is 18.9 Å². The molecular formula is C17H33NO5S. The van der Waals surface area contributed by atoms with Gasteiger partial charge in [0, 0.05) is 19.9 Å². The highest BCUT2D eigenvalue weighted by atomic mass is 32.1. The smallest absolute Gasteiger partial charge is 0.410 e. The van der Waals surface area contributed by atoms with Crippen molar-refractivity contribution in [1.82, 2.24) is 5.32 Å². The fraction of sp³-hybridized carbons (Fsp3) is 0.765. The summed E-state index contributed by atoms with van der Waals surface area (Å²) in [5, 5.41) is 12.1. The second-order valence-corrected chi connectivity index (χ2v) is 6.58. The predicted octanol–water partition coefficient (Wildman–Crippen LogP) is 3.74. The van der Waals surface area contributed by atoms with E-state index < -0.39 is 18.4 Å². The number of rotatable bonds is 9. The quantitative estimate of drug-likeness (QED) is 0.370. The molecule has 1 unspecified atom stereocenters. The minimum Gasteiger partial charge on any atom is -0.513 e. The number of esters is 1. The van der Waals surface area contributed by atoms with E-state index in [1.165, 1.54) is 6.92 Å². The molecule has 0 rings (SSSR count). The lowest BCUT2D eigenvalue weighted by molar-refractivity contribution is -0.168. The highest BCUT2D eigenvalue weighted by Crippen LogP contribution is 2.24. The molecule has 3 atom stereocenters. The third-order valence-corrected chi connectivity index (χ3v) is 3.83. The minimum atomic E-state index is -0.946. The van der Waals surface area contributed by atoms with Gasteiger partial charge >= 0.3 is 12.1 Å². The van der Waals surface area contributed by atoms with Crippen LogP contribution in [-0.2, 0) is 14.3 Å². The summed E-state index contributed by atoms with van der Waals surface area (Å²) in [6, 6.07) is 0. The summed E-state index contributed by atoms with van der Waals surface area (Å²) in [6.45, 7) is 15.0. The number of aliphatic hydroxyl groups is 1. The molecule has 24 heavy (non-hydrogen) atoms. The van der Waals surface area contributed by atoms with Crippen LogP contribution in [0.1, 0.15) is 48.0 Å². The normalized spacial score (nSPS) is 14.3. The standard InChI is InChI=1S/C17H31NO5.H2S/c1-10(2)13(6)15(8-12(5)19)9-18-17(21)23-14(7)22-16(20)11(3)4;/h10-11,13-15,19H,5,8-9H2,1-4,6-7H3,(H,18,21);1H2/t13?,14-,15+;/m1./s1. The van der Waals surface area contributed by atoms with Gasteiger partial charge in [-0.3, -0.25) is 4.79 Å². The van der Waals surface area contributed by atoms with Crippen LogP contribution in [0.2, 0.25) is 0 Å². The zero-order chi connectivity index (χ0) is 18.2. The van der Waals surface area contributed by atoms with Crippen LogP contribution >= 0.6 is 13.5 Å². The largest absolute Gasteiger partial charge is 0.513 e. The number of amides is 1. The molecule has 0 aliphatic carbocycles. The molecule has 0 aromatic rings. The molecule has 0 fully saturated rings. The number of alkyl carbamates (subject to hydrolysis) is 1. The summed E-state index contributed by atoms with van der Waals surface area (Å²) in [5.41, 5.74) is 0. The number of ether oxygens (including phenoxy) is 2. The first-order valence-corrected chi connectivity index (χ1v) is 8.06. The Balaban J connectivity index is 0. The first kappa shape index (κ1) is 24.9. The van der Waals surface area contributed by atoms with Gasteiger partial charge < -0.3 is 19.9 Å². The fourth-order valence-electron chi connectivity index (χ4n) is 2.02. The molecule has 0 radical (unpaired) electrons. The Morgan fingerprint density at radius 3 is 2.04 bits per heavy atom. The molecule has 0 aliphatic rings. The van der Waals surface area contributed by atoms with E-state index in [1.807, 2.05) is 0 Å². The molecule has 0 aromatic carbocycles. The van der Waals surface area contributed by atoms with Crippen molar-refractivity contribution in [3.05, 3.63) is 12.3 Å². The van der Waals surface area contributed by atoms with Gasteiger partial charge in [-0.2, -0.15) is 13.5 Å². The second kappa shape index (κ2) is 12.1. The third kappa shape index (κ3) is 10.4. The van der Waals surface area contributed by atoms with Crippen LogP contribution < -0.4 is 5.32 Å². The van der Waals surface area contributed by atoms with Crippen LogP contribution in [0.15, 0.2) is 12.3 Å². The zero-order valence-electron chi connectivity index (χ0n) is 15.6. The molecular weight excluding hydrogens is 330 g/mol. The number of hydrogen-bond donors (Lipinski definition) is 2. The topological polar surface area (TPSA) is 84.9 Å². The Morgan fingerprint density at radius 2 is 1.62 bits per heavy atom. The van der Waals surface area contributed by atoms with Crippen molar-refractivity contribution >= 4 is 25.6 Å². The number of carbonyl (C=O) groups excluding carboxylic acids is 2. The van der Waals surface area contributed by atoms with Crippen molar-refractivity contribution in [2.45, 2.75) is 54.3 Å². The van der Waals surface area contributed by atoms with Gasteiger partial charge in [-0.15, -0.1) is 0 Å². The van der Waals surface area contributed by atoms with E-state index in [9.17, 15) is 14.7 Å². The molecule has 6 nitrogen and oxygen atoms in total. The maximum Gasteiger partial charge on any atom is 0.410 e. The van der Waals surface area contributed by atoms with Crippen molar-refractivity contribution in [2.75, 3.05) is 6.54 Å². The van der Waals surface area contributed by atoms with Gasteiger partial charge in [0.1, 0.15) is 0 Å².